The Kier molecular flexibility index (Phi) is 5.28. The highest BCUT2D eigenvalue weighted by Gasteiger charge is 2.30. The van der Waals surface area contributed by atoms with Crippen LogP contribution in [0.15, 0.2) is 36.5 Å². The van der Waals surface area contributed by atoms with Gasteiger partial charge in [-0.1, -0.05) is 23.5 Å². The van der Waals surface area contributed by atoms with Crippen LogP contribution >= 0.6 is 11.3 Å². The van der Waals surface area contributed by atoms with Crippen molar-refractivity contribution in [3.63, 3.8) is 0 Å². The number of amides is 1. The standard InChI is InChI=1S/C21H24N4O2S/c1-14-8-10-22-20-19(14)28-21(23-20)27-18-6-4-16(5-7-18)12-24(3)13-17-9-11-25(17)15(2)26/h4-8,10,17H,9,11-13H2,1-3H3/t17-/m0/s1. The molecule has 2 aromatic heterocycles. The molecule has 0 unspecified atom stereocenters. The number of pyridine rings is 1. The van der Waals surface area contributed by atoms with Crippen LogP contribution in [0.5, 0.6) is 10.9 Å². The second-order valence-corrected chi connectivity index (χ2v) is 8.32. The van der Waals surface area contributed by atoms with E-state index in [0.29, 0.717) is 11.2 Å². The average molecular weight is 397 g/mol. The van der Waals surface area contributed by atoms with Gasteiger partial charge in [0.1, 0.15) is 5.75 Å². The molecule has 0 aliphatic carbocycles. The van der Waals surface area contributed by atoms with Gasteiger partial charge in [0.2, 0.25) is 5.91 Å². The number of benzene rings is 1. The number of carbonyl (C=O) groups excluding carboxylic acids is 1. The Labute approximate surface area is 168 Å². The molecule has 0 spiro atoms. The van der Waals surface area contributed by atoms with Crippen LogP contribution in [0, 0.1) is 6.92 Å². The molecule has 3 aromatic rings. The summed E-state index contributed by atoms with van der Waals surface area (Å²) in [7, 11) is 2.09. The van der Waals surface area contributed by atoms with E-state index in [0.717, 1.165) is 47.7 Å². The number of hydrogen-bond acceptors (Lipinski definition) is 6. The predicted octanol–water partition coefficient (Wildman–Crippen LogP) is 3.84. The number of aryl methyl sites for hydroxylation is 1. The van der Waals surface area contributed by atoms with Crippen LogP contribution < -0.4 is 4.74 Å². The van der Waals surface area contributed by atoms with Gasteiger partial charge in [-0.15, -0.1) is 0 Å². The average Bonchev–Trinajstić information content (AvgIpc) is 3.04. The minimum atomic E-state index is 0.173. The normalized spacial score (nSPS) is 16.4. The summed E-state index contributed by atoms with van der Waals surface area (Å²) in [5, 5.41) is 0.607. The van der Waals surface area contributed by atoms with Crippen molar-refractivity contribution in [3.05, 3.63) is 47.7 Å². The number of rotatable bonds is 6. The van der Waals surface area contributed by atoms with Crippen molar-refractivity contribution in [2.45, 2.75) is 32.9 Å². The Morgan fingerprint density at radius 3 is 2.75 bits per heavy atom. The third-order valence-electron chi connectivity index (χ3n) is 5.12. The van der Waals surface area contributed by atoms with Crippen molar-refractivity contribution in [1.29, 1.82) is 0 Å². The van der Waals surface area contributed by atoms with Crippen LogP contribution in [-0.4, -0.2) is 51.9 Å². The molecule has 1 fully saturated rings. The van der Waals surface area contributed by atoms with E-state index in [1.54, 1.807) is 13.1 Å². The van der Waals surface area contributed by atoms with Crippen LogP contribution in [0.25, 0.3) is 10.3 Å². The van der Waals surface area contributed by atoms with Gasteiger partial charge in [0, 0.05) is 38.8 Å². The number of aromatic nitrogens is 2. The first-order chi connectivity index (χ1) is 13.5. The number of carbonyl (C=O) groups is 1. The third kappa shape index (κ3) is 4.00. The summed E-state index contributed by atoms with van der Waals surface area (Å²) in [6.45, 7) is 6.33. The van der Waals surface area contributed by atoms with E-state index in [-0.39, 0.29) is 5.91 Å². The number of likely N-dealkylation sites (N-methyl/N-ethyl adjacent to an activating group) is 1. The smallest absolute Gasteiger partial charge is 0.281 e. The van der Waals surface area contributed by atoms with E-state index < -0.39 is 0 Å². The molecule has 1 saturated heterocycles. The molecule has 1 aromatic carbocycles. The Hall–Kier alpha value is -2.51. The molecule has 1 atom stereocenters. The fourth-order valence-corrected chi connectivity index (χ4v) is 4.38. The molecule has 1 amide bonds. The van der Waals surface area contributed by atoms with Gasteiger partial charge in [-0.25, -0.2) is 4.98 Å². The van der Waals surface area contributed by atoms with Gasteiger partial charge < -0.3 is 14.5 Å². The van der Waals surface area contributed by atoms with E-state index >= 15 is 0 Å². The SMILES string of the molecule is CC(=O)N1CC[C@H]1CN(C)Cc1ccc(Oc2nc3nccc(C)c3s2)cc1. The van der Waals surface area contributed by atoms with Crippen molar-refractivity contribution >= 4 is 27.6 Å². The maximum atomic E-state index is 11.5. The highest BCUT2D eigenvalue weighted by molar-refractivity contribution is 7.20. The lowest BCUT2D eigenvalue weighted by atomic mass is 10.0. The summed E-state index contributed by atoms with van der Waals surface area (Å²) in [6, 6.07) is 10.4. The van der Waals surface area contributed by atoms with E-state index in [2.05, 4.69) is 41.0 Å². The number of nitrogens with zero attached hydrogens (tertiary/aromatic N) is 4. The number of likely N-dealkylation sites (tertiary alicyclic amines) is 1. The summed E-state index contributed by atoms with van der Waals surface area (Å²) in [5.41, 5.74) is 3.10. The Morgan fingerprint density at radius 2 is 2.11 bits per heavy atom. The fourth-order valence-electron chi connectivity index (χ4n) is 3.52. The van der Waals surface area contributed by atoms with Crippen LogP contribution in [-0.2, 0) is 11.3 Å². The first-order valence-electron chi connectivity index (χ1n) is 9.44. The highest BCUT2D eigenvalue weighted by Crippen LogP contribution is 2.32. The van der Waals surface area contributed by atoms with E-state index in [1.807, 2.05) is 23.1 Å². The molecule has 7 heteroatoms. The molecule has 0 N–H and O–H groups in total. The van der Waals surface area contributed by atoms with Gasteiger partial charge in [0.25, 0.3) is 5.19 Å². The lowest BCUT2D eigenvalue weighted by Crippen LogP contribution is -2.54. The van der Waals surface area contributed by atoms with Gasteiger partial charge in [-0.3, -0.25) is 4.79 Å². The summed E-state index contributed by atoms with van der Waals surface area (Å²) < 4.78 is 6.98. The first kappa shape index (κ1) is 18.8. The van der Waals surface area contributed by atoms with Crippen LogP contribution in [0.2, 0.25) is 0 Å². The van der Waals surface area contributed by atoms with E-state index in [4.69, 9.17) is 4.74 Å². The largest absolute Gasteiger partial charge is 0.431 e. The summed E-state index contributed by atoms with van der Waals surface area (Å²) in [6.07, 6.45) is 2.86. The number of ether oxygens (including phenoxy) is 1. The number of thiazole rings is 1. The molecule has 1 aliphatic rings. The van der Waals surface area contributed by atoms with E-state index in [9.17, 15) is 4.79 Å². The second kappa shape index (κ2) is 7.85. The highest BCUT2D eigenvalue weighted by atomic mass is 32.1. The second-order valence-electron chi connectivity index (χ2n) is 7.36. The molecule has 28 heavy (non-hydrogen) atoms. The van der Waals surface area contributed by atoms with Gasteiger partial charge in [-0.05, 0) is 49.7 Å². The van der Waals surface area contributed by atoms with Crippen molar-refractivity contribution in [1.82, 2.24) is 19.8 Å². The quantitative estimate of drug-likeness (QED) is 0.633. The van der Waals surface area contributed by atoms with Crippen LogP contribution in [0.1, 0.15) is 24.5 Å². The zero-order valence-corrected chi connectivity index (χ0v) is 17.2. The molecule has 4 rings (SSSR count). The summed E-state index contributed by atoms with van der Waals surface area (Å²) >= 11 is 1.52. The molecular formula is C21H24N4O2S. The van der Waals surface area contributed by atoms with Gasteiger partial charge in [0.05, 0.1) is 4.70 Å². The first-order valence-corrected chi connectivity index (χ1v) is 10.3. The molecule has 0 saturated carbocycles. The van der Waals surface area contributed by atoms with Gasteiger partial charge in [-0.2, -0.15) is 4.98 Å². The Bertz CT molecular complexity index is 986. The molecule has 0 radical (unpaired) electrons. The number of fused-ring (bicyclic) bond motifs is 1. The topological polar surface area (TPSA) is 58.6 Å². The van der Waals surface area contributed by atoms with Crippen LogP contribution in [0.4, 0.5) is 0 Å². The van der Waals surface area contributed by atoms with Crippen LogP contribution in [0.3, 0.4) is 0 Å². The minimum absolute atomic E-state index is 0.173. The van der Waals surface area contributed by atoms with Gasteiger partial charge >= 0.3 is 0 Å². The lowest BCUT2D eigenvalue weighted by Gasteiger charge is -2.42. The lowest BCUT2D eigenvalue weighted by molar-refractivity contribution is -0.137. The van der Waals surface area contributed by atoms with Crippen molar-refractivity contribution in [3.8, 4) is 10.9 Å². The molecule has 146 valence electrons. The van der Waals surface area contributed by atoms with Crippen molar-refractivity contribution < 1.29 is 9.53 Å². The van der Waals surface area contributed by atoms with E-state index in [1.165, 1.54) is 16.9 Å². The summed E-state index contributed by atoms with van der Waals surface area (Å²) in [5.74, 6) is 0.941. The molecule has 3 heterocycles. The minimum Gasteiger partial charge on any atom is -0.431 e. The van der Waals surface area contributed by atoms with Gasteiger partial charge in [0.15, 0.2) is 5.65 Å². The summed E-state index contributed by atoms with van der Waals surface area (Å²) in [4.78, 5) is 24.5. The molecular weight excluding hydrogens is 372 g/mol. The maximum absolute atomic E-state index is 11.5. The van der Waals surface area contributed by atoms with Crippen molar-refractivity contribution in [2.24, 2.45) is 0 Å². The fraction of sp³-hybridized carbons (Fsp3) is 0.381. The zero-order valence-electron chi connectivity index (χ0n) is 16.4. The molecule has 1 aliphatic heterocycles. The van der Waals surface area contributed by atoms with Crippen molar-refractivity contribution in [2.75, 3.05) is 20.1 Å². The Balaban J connectivity index is 1.35. The molecule has 0 bridgehead atoms. The Morgan fingerprint density at radius 1 is 1.32 bits per heavy atom. The molecule has 6 nitrogen and oxygen atoms in total. The zero-order chi connectivity index (χ0) is 19.7. The monoisotopic (exact) mass is 396 g/mol. The third-order valence-corrected chi connectivity index (χ3v) is 6.18. The predicted molar refractivity (Wildman–Crippen MR) is 111 cm³/mol. The maximum Gasteiger partial charge on any atom is 0.281 e. The number of hydrogen-bond donors (Lipinski definition) is 0.